The highest BCUT2D eigenvalue weighted by Crippen LogP contribution is 2.33. The summed E-state index contributed by atoms with van der Waals surface area (Å²) >= 11 is 8.96. The van der Waals surface area contributed by atoms with Gasteiger partial charge in [-0.1, -0.05) is 17.7 Å². The van der Waals surface area contributed by atoms with Crippen molar-refractivity contribution in [3.05, 3.63) is 74.9 Å². The standard InChI is InChI=1S/C21H17ClFN3OS2/c1-12-20(29-13(2)24-12)19-11-28-21(26-19)25-16-5-7-17(8-6-16)27-10-14-3-4-15(22)9-18(14)23/h3-9,11H,10H2,1-2H3,(H,25,26). The van der Waals surface area contributed by atoms with Gasteiger partial charge in [-0.2, -0.15) is 0 Å². The molecule has 2 aromatic heterocycles. The molecule has 0 aliphatic heterocycles. The number of nitrogens with one attached hydrogen (secondary N) is 1. The Bertz CT molecular complexity index is 1140. The average molecular weight is 446 g/mol. The lowest BCUT2D eigenvalue weighted by Gasteiger charge is -2.09. The van der Waals surface area contributed by atoms with Gasteiger partial charge in [0.1, 0.15) is 18.2 Å². The Morgan fingerprint density at radius 3 is 2.59 bits per heavy atom. The Morgan fingerprint density at radius 1 is 1.10 bits per heavy atom. The molecule has 4 aromatic rings. The van der Waals surface area contributed by atoms with E-state index in [-0.39, 0.29) is 12.4 Å². The molecule has 8 heteroatoms. The van der Waals surface area contributed by atoms with Gasteiger partial charge >= 0.3 is 0 Å². The fourth-order valence-electron chi connectivity index (χ4n) is 2.76. The number of aromatic nitrogens is 2. The van der Waals surface area contributed by atoms with Gasteiger partial charge in [-0.25, -0.2) is 14.4 Å². The highest BCUT2D eigenvalue weighted by molar-refractivity contribution is 7.16. The van der Waals surface area contributed by atoms with Crippen molar-refractivity contribution >= 4 is 45.1 Å². The van der Waals surface area contributed by atoms with Crippen LogP contribution < -0.4 is 10.1 Å². The zero-order chi connectivity index (χ0) is 20.4. The molecule has 0 aliphatic carbocycles. The van der Waals surface area contributed by atoms with E-state index in [0.29, 0.717) is 16.3 Å². The Labute approximate surface area is 181 Å². The Kier molecular flexibility index (Phi) is 5.80. The van der Waals surface area contributed by atoms with Crippen molar-refractivity contribution < 1.29 is 9.13 Å². The largest absolute Gasteiger partial charge is 0.489 e. The molecule has 1 N–H and O–H groups in total. The third kappa shape index (κ3) is 4.75. The summed E-state index contributed by atoms with van der Waals surface area (Å²) in [6.45, 7) is 4.14. The van der Waals surface area contributed by atoms with Crippen molar-refractivity contribution in [1.29, 1.82) is 0 Å². The van der Waals surface area contributed by atoms with E-state index in [1.807, 2.05) is 43.5 Å². The smallest absolute Gasteiger partial charge is 0.187 e. The minimum Gasteiger partial charge on any atom is -0.489 e. The van der Waals surface area contributed by atoms with Gasteiger partial charge in [0.25, 0.3) is 0 Å². The summed E-state index contributed by atoms with van der Waals surface area (Å²) in [4.78, 5) is 10.2. The van der Waals surface area contributed by atoms with E-state index in [2.05, 4.69) is 15.3 Å². The molecule has 2 aromatic carbocycles. The Balaban J connectivity index is 1.39. The van der Waals surface area contributed by atoms with Gasteiger partial charge in [-0.05, 0) is 50.2 Å². The van der Waals surface area contributed by atoms with Crippen molar-refractivity contribution in [3.63, 3.8) is 0 Å². The van der Waals surface area contributed by atoms with Crippen LogP contribution in [0.5, 0.6) is 5.75 Å². The summed E-state index contributed by atoms with van der Waals surface area (Å²) in [5.74, 6) is 0.280. The molecule has 0 fully saturated rings. The van der Waals surface area contributed by atoms with Crippen LogP contribution in [0, 0.1) is 19.7 Å². The molecular weight excluding hydrogens is 429 g/mol. The molecule has 4 nitrogen and oxygen atoms in total. The van der Waals surface area contributed by atoms with Crippen LogP contribution >= 0.6 is 34.3 Å². The molecule has 0 unspecified atom stereocenters. The van der Waals surface area contributed by atoms with Crippen molar-refractivity contribution in [2.75, 3.05) is 5.32 Å². The highest BCUT2D eigenvalue weighted by atomic mass is 35.5. The van der Waals surface area contributed by atoms with Crippen LogP contribution in [0.1, 0.15) is 16.3 Å². The second-order valence-corrected chi connectivity index (χ2v) is 8.86. The molecule has 2 heterocycles. The first-order valence-electron chi connectivity index (χ1n) is 8.81. The number of nitrogens with zero attached hydrogens (tertiary/aromatic N) is 2. The van der Waals surface area contributed by atoms with Crippen molar-refractivity contribution in [1.82, 2.24) is 9.97 Å². The van der Waals surface area contributed by atoms with Gasteiger partial charge in [0.15, 0.2) is 5.13 Å². The molecule has 4 rings (SSSR count). The second kappa shape index (κ2) is 8.49. The normalized spacial score (nSPS) is 10.9. The molecule has 0 radical (unpaired) electrons. The summed E-state index contributed by atoms with van der Waals surface area (Å²) in [5, 5.41) is 7.54. The van der Waals surface area contributed by atoms with Gasteiger partial charge in [0, 0.05) is 21.7 Å². The minimum atomic E-state index is -0.373. The molecule has 0 spiro atoms. The fraction of sp³-hybridized carbons (Fsp3) is 0.143. The zero-order valence-corrected chi connectivity index (χ0v) is 18.1. The maximum absolute atomic E-state index is 13.8. The second-order valence-electron chi connectivity index (χ2n) is 6.36. The molecule has 0 bridgehead atoms. The number of ether oxygens (including phenoxy) is 1. The van der Waals surface area contributed by atoms with Crippen LogP contribution in [0.25, 0.3) is 10.6 Å². The molecule has 0 saturated heterocycles. The lowest BCUT2D eigenvalue weighted by Crippen LogP contribution is -1.98. The van der Waals surface area contributed by atoms with E-state index in [9.17, 15) is 4.39 Å². The van der Waals surface area contributed by atoms with Crippen LogP contribution in [0.3, 0.4) is 0 Å². The van der Waals surface area contributed by atoms with Crippen LogP contribution in [-0.2, 0) is 6.61 Å². The molecular formula is C21H17ClFN3OS2. The van der Waals surface area contributed by atoms with E-state index in [4.69, 9.17) is 16.3 Å². The number of hydrogen-bond acceptors (Lipinski definition) is 6. The third-order valence-electron chi connectivity index (χ3n) is 4.16. The quantitative estimate of drug-likeness (QED) is 0.347. The topological polar surface area (TPSA) is 47.0 Å². The number of thiazole rings is 2. The predicted molar refractivity (Wildman–Crippen MR) is 118 cm³/mol. The summed E-state index contributed by atoms with van der Waals surface area (Å²) < 4.78 is 19.5. The summed E-state index contributed by atoms with van der Waals surface area (Å²) in [6.07, 6.45) is 0. The summed E-state index contributed by atoms with van der Waals surface area (Å²) in [7, 11) is 0. The lowest BCUT2D eigenvalue weighted by molar-refractivity contribution is 0.300. The van der Waals surface area contributed by atoms with Crippen LogP contribution in [-0.4, -0.2) is 9.97 Å². The number of halogens is 2. The minimum absolute atomic E-state index is 0.138. The van der Waals surface area contributed by atoms with Gasteiger partial charge in [-0.15, -0.1) is 22.7 Å². The van der Waals surface area contributed by atoms with Gasteiger partial charge in [0.05, 0.1) is 21.3 Å². The number of aryl methyl sites for hydroxylation is 2. The first-order chi connectivity index (χ1) is 14.0. The molecule has 29 heavy (non-hydrogen) atoms. The van der Waals surface area contributed by atoms with Crippen LogP contribution in [0.4, 0.5) is 15.2 Å². The monoisotopic (exact) mass is 445 g/mol. The molecule has 0 aliphatic rings. The van der Waals surface area contributed by atoms with Crippen molar-refractivity contribution in [2.24, 2.45) is 0 Å². The summed E-state index contributed by atoms with van der Waals surface area (Å²) in [5.41, 5.74) is 3.29. The van der Waals surface area contributed by atoms with Crippen molar-refractivity contribution in [2.45, 2.75) is 20.5 Å². The fourth-order valence-corrected chi connectivity index (χ4v) is 4.60. The van der Waals surface area contributed by atoms with E-state index in [1.54, 1.807) is 34.8 Å². The Morgan fingerprint density at radius 2 is 1.90 bits per heavy atom. The molecule has 0 atom stereocenters. The average Bonchev–Trinajstić information content (AvgIpc) is 3.28. The molecule has 148 valence electrons. The molecule has 0 saturated carbocycles. The predicted octanol–water partition coefficient (Wildman–Crippen LogP) is 7.00. The van der Waals surface area contributed by atoms with Crippen LogP contribution in [0.2, 0.25) is 5.02 Å². The maximum atomic E-state index is 13.8. The van der Waals surface area contributed by atoms with Crippen LogP contribution in [0.15, 0.2) is 47.8 Å². The first-order valence-corrected chi connectivity index (χ1v) is 10.9. The first kappa shape index (κ1) is 19.8. The maximum Gasteiger partial charge on any atom is 0.187 e. The number of rotatable bonds is 6. The number of anilines is 2. The summed E-state index contributed by atoms with van der Waals surface area (Å²) in [6, 6.07) is 12.0. The van der Waals surface area contributed by atoms with E-state index in [1.165, 1.54) is 6.07 Å². The highest BCUT2D eigenvalue weighted by Gasteiger charge is 2.11. The van der Waals surface area contributed by atoms with Gasteiger partial charge < -0.3 is 10.1 Å². The van der Waals surface area contributed by atoms with Gasteiger partial charge in [-0.3, -0.25) is 0 Å². The van der Waals surface area contributed by atoms with E-state index >= 15 is 0 Å². The SMILES string of the molecule is Cc1nc(C)c(-c2csc(Nc3ccc(OCc4ccc(Cl)cc4F)cc3)n2)s1. The van der Waals surface area contributed by atoms with Gasteiger partial charge in [0.2, 0.25) is 0 Å². The number of hydrogen-bond donors (Lipinski definition) is 1. The zero-order valence-electron chi connectivity index (χ0n) is 15.7. The van der Waals surface area contributed by atoms with Crippen molar-refractivity contribution in [3.8, 4) is 16.3 Å². The molecule has 0 amide bonds. The Hall–Kier alpha value is -2.48. The van der Waals surface area contributed by atoms with E-state index < -0.39 is 0 Å². The third-order valence-corrected chi connectivity index (χ3v) is 6.24. The lowest BCUT2D eigenvalue weighted by atomic mass is 10.2. The van der Waals surface area contributed by atoms with E-state index in [0.717, 1.165) is 32.1 Å². The number of benzene rings is 2.